The second-order valence-corrected chi connectivity index (χ2v) is 8.73. The SMILES string of the molecule is CCOC(=O)C1=C(C)N=c2s/c(=C\c3cnn(C)c3C)c(=O)n2[C@@H]1c1ccc(OC)c(OC)c1. The van der Waals surface area contributed by atoms with E-state index >= 15 is 0 Å². The van der Waals surface area contributed by atoms with E-state index in [4.69, 9.17) is 14.2 Å². The summed E-state index contributed by atoms with van der Waals surface area (Å²) < 4.78 is 20.0. The van der Waals surface area contributed by atoms with Gasteiger partial charge in [-0.25, -0.2) is 9.79 Å². The van der Waals surface area contributed by atoms with E-state index in [9.17, 15) is 9.59 Å². The van der Waals surface area contributed by atoms with Gasteiger partial charge in [-0.2, -0.15) is 5.10 Å². The largest absolute Gasteiger partial charge is 0.493 e. The van der Waals surface area contributed by atoms with Crippen LogP contribution in [0.25, 0.3) is 6.08 Å². The monoisotopic (exact) mass is 482 g/mol. The highest BCUT2D eigenvalue weighted by Crippen LogP contribution is 2.36. The smallest absolute Gasteiger partial charge is 0.338 e. The fraction of sp³-hybridized carbons (Fsp3) is 0.333. The Morgan fingerprint density at radius 1 is 1.21 bits per heavy atom. The van der Waals surface area contributed by atoms with E-state index in [0.717, 1.165) is 11.3 Å². The zero-order valence-corrected chi connectivity index (χ0v) is 20.7. The minimum absolute atomic E-state index is 0.207. The quantitative estimate of drug-likeness (QED) is 0.498. The van der Waals surface area contributed by atoms with Gasteiger partial charge in [0.15, 0.2) is 16.3 Å². The lowest BCUT2D eigenvalue weighted by Crippen LogP contribution is -2.40. The lowest BCUT2D eigenvalue weighted by molar-refractivity contribution is -0.139. The van der Waals surface area contributed by atoms with E-state index in [1.54, 1.807) is 54.6 Å². The summed E-state index contributed by atoms with van der Waals surface area (Å²) in [6.07, 6.45) is 3.52. The van der Waals surface area contributed by atoms with Crippen LogP contribution in [0, 0.1) is 6.92 Å². The minimum Gasteiger partial charge on any atom is -0.493 e. The van der Waals surface area contributed by atoms with Crippen molar-refractivity contribution in [1.29, 1.82) is 0 Å². The maximum absolute atomic E-state index is 13.7. The number of allylic oxidation sites excluding steroid dienone is 1. The Morgan fingerprint density at radius 2 is 1.94 bits per heavy atom. The van der Waals surface area contributed by atoms with Crippen molar-refractivity contribution in [3.8, 4) is 11.5 Å². The van der Waals surface area contributed by atoms with Crippen molar-refractivity contribution in [1.82, 2.24) is 14.3 Å². The number of carbonyl (C=O) groups is 1. The highest BCUT2D eigenvalue weighted by molar-refractivity contribution is 7.07. The summed E-state index contributed by atoms with van der Waals surface area (Å²) >= 11 is 1.27. The number of nitrogens with zero attached hydrogens (tertiary/aromatic N) is 4. The lowest BCUT2D eigenvalue weighted by Gasteiger charge is -2.25. The molecule has 0 unspecified atom stereocenters. The summed E-state index contributed by atoms with van der Waals surface area (Å²) in [6, 6.07) is 4.60. The standard InChI is InChI=1S/C24H26N4O5S/c1-7-33-23(30)20-13(2)26-24-28(21(20)15-8-9-17(31-5)18(10-15)32-6)22(29)19(34-24)11-16-12-25-27(4)14(16)3/h8-12,21H,7H2,1-6H3/b19-11-/t21-/m1/s1. The Hall–Kier alpha value is -3.66. The number of benzene rings is 1. The first-order valence-electron chi connectivity index (χ1n) is 10.7. The topological polar surface area (TPSA) is 96.9 Å². The molecule has 4 rings (SSSR count). The van der Waals surface area contributed by atoms with Crippen molar-refractivity contribution >= 4 is 23.4 Å². The van der Waals surface area contributed by atoms with Crippen LogP contribution in [0.2, 0.25) is 0 Å². The third-order valence-electron chi connectivity index (χ3n) is 5.80. The number of ether oxygens (including phenoxy) is 3. The van der Waals surface area contributed by atoms with Crippen molar-refractivity contribution in [2.24, 2.45) is 12.0 Å². The molecule has 1 aliphatic heterocycles. The predicted octanol–water partition coefficient (Wildman–Crippen LogP) is 1.86. The number of fused-ring (bicyclic) bond motifs is 1. The van der Waals surface area contributed by atoms with Gasteiger partial charge < -0.3 is 14.2 Å². The van der Waals surface area contributed by atoms with Crippen molar-refractivity contribution in [2.45, 2.75) is 26.8 Å². The Kier molecular flexibility index (Phi) is 6.43. The molecule has 0 saturated carbocycles. The molecule has 0 saturated heterocycles. The molecule has 10 heteroatoms. The van der Waals surface area contributed by atoms with Gasteiger partial charge in [-0.3, -0.25) is 14.0 Å². The van der Waals surface area contributed by atoms with Crippen LogP contribution in [0.4, 0.5) is 0 Å². The molecule has 0 radical (unpaired) electrons. The van der Waals surface area contributed by atoms with E-state index in [1.807, 2.05) is 20.0 Å². The third-order valence-corrected chi connectivity index (χ3v) is 6.78. The van der Waals surface area contributed by atoms with Gasteiger partial charge in [0.05, 0.1) is 48.9 Å². The molecule has 0 bridgehead atoms. The maximum atomic E-state index is 13.7. The molecular weight excluding hydrogens is 456 g/mol. The molecule has 1 aromatic carbocycles. The lowest BCUT2D eigenvalue weighted by atomic mass is 9.95. The predicted molar refractivity (Wildman–Crippen MR) is 128 cm³/mol. The second-order valence-electron chi connectivity index (χ2n) is 7.73. The van der Waals surface area contributed by atoms with E-state index in [1.165, 1.54) is 18.4 Å². The number of rotatable bonds is 6. The zero-order chi connectivity index (χ0) is 24.6. The van der Waals surface area contributed by atoms with Gasteiger partial charge in [0.1, 0.15) is 0 Å². The average Bonchev–Trinajstić information content (AvgIpc) is 3.30. The molecule has 1 atom stereocenters. The molecule has 3 heterocycles. The fourth-order valence-corrected chi connectivity index (χ4v) is 4.97. The van der Waals surface area contributed by atoms with Crippen molar-refractivity contribution in [3.05, 3.63) is 72.2 Å². The van der Waals surface area contributed by atoms with Gasteiger partial charge in [-0.1, -0.05) is 17.4 Å². The molecule has 34 heavy (non-hydrogen) atoms. The molecule has 1 aliphatic rings. The number of aromatic nitrogens is 3. The zero-order valence-electron chi connectivity index (χ0n) is 19.9. The number of thiazole rings is 1. The summed E-state index contributed by atoms with van der Waals surface area (Å²) in [7, 11) is 4.94. The Labute approximate surface area is 200 Å². The van der Waals surface area contributed by atoms with E-state index < -0.39 is 12.0 Å². The number of esters is 1. The summed E-state index contributed by atoms with van der Waals surface area (Å²) in [5.41, 5.74) is 3.03. The average molecular weight is 483 g/mol. The fourth-order valence-electron chi connectivity index (χ4n) is 3.93. The van der Waals surface area contributed by atoms with Gasteiger partial charge in [-0.15, -0.1) is 0 Å². The van der Waals surface area contributed by atoms with Crippen LogP contribution in [0.15, 0.2) is 45.5 Å². The third kappa shape index (κ3) is 3.94. The molecule has 9 nitrogen and oxygen atoms in total. The maximum Gasteiger partial charge on any atom is 0.338 e. The molecule has 3 aromatic rings. The van der Waals surface area contributed by atoms with Gasteiger partial charge in [-0.05, 0) is 44.5 Å². The number of hydrogen-bond acceptors (Lipinski definition) is 8. The minimum atomic E-state index is -0.729. The van der Waals surface area contributed by atoms with Gasteiger partial charge >= 0.3 is 5.97 Å². The number of carbonyl (C=O) groups excluding carboxylic acids is 1. The normalized spacial score (nSPS) is 15.7. The second kappa shape index (κ2) is 9.30. The molecule has 0 aliphatic carbocycles. The van der Waals surface area contributed by atoms with Gasteiger partial charge in [0.2, 0.25) is 0 Å². The van der Waals surface area contributed by atoms with Crippen molar-refractivity contribution in [3.63, 3.8) is 0 Å². The van der Waals surface area contributed by atoms with E-state index in [0.29, 0.717) is 37.7 Å². The number of hydrogen-bond donors (Lipinski definition) is 0. The van der Waals surface area contributed by atoms with Crippen molar-refractivity contribution in [2.75, 3.05) is 20.8 Å². The van der Waals surface area contributed by atoms with Crippen LogP contribution in [0.1, 0.15) is 36.7 Å². The summed E-state index contributed by atoms with van der Waals surface area (Å²) in [6.45, 7) is 5.64. The van der Waals surface area contributed by atoms with E-state index in [-0.39, 0.29) is 12.2 Å². The van der Waals surface area contributed by atoms with Gasteiger partial charge in [0.25, 0.3) is 5.56 Å². The van der Waals surface area contributed by atoms with Crippen LogP contribution in [0.5, 0.6) is 11.5 Å². The number of methoxy groups -OCH3 is 2. The van der Waals surface area contributed by atoms with Gasteiger partial charge in [0, 0.05) is 18.3 Å². The van der Waals surface area contributed by atoms with Crippen LogP contribution in [-0.4, -0.2) is 41.1 Å². The van der Waals surface area contributed by atoms with E-state index in [2.05, 4.69) is 10.1 Å². The first kappa shape index (κ1) is 23.5. The van der Waals surface area contributed by atoms with Crippen LogP contribution >= 0.6 is 11.3 Å². The molecule has 0 fully saturated rings. The molecule has 2 aromatic heterocycles. The summed E-state index contributed by atoms with van der Waals surface area (Å²) in [4.78, 5) is 31.8. The number of aryl methyl sites for hydroxylation is 1. The molecular formula is C24H26N4O5S. The molecule has 178 valence electrons. The molecule has 0 amide bonds. The Bertz CT molecular complexity index is 1480. The Morgan fingerprint density at radius 3 is 2.56 bits per heavy atom. The van der Waals surface area contributed by atoms with Crippen molar-refractivity contribution < 1.29 is 19.0 Å². The summed E-state index contributed by atoms with van der Waals surface area (Å²) in [5, 5.41) is 4.25. The first-order chi connectivity index (χ1) is 16.3. The first-order valence-corrected chi connectivity index (χ1v) is 11.5. The molecule has 0 N–H and O–H groups in total. The summed E-state index contributed by atoms with van der Waals surface area (Å²) in [5.74, 6) is 0.524. The van der Waals surface area contributed by atoms with Crippen LogP contribution in [-0.2, 0) is 16.6 Å². The van der Waals surface area contributed by atoms with Crippen LogP contribution in [0.3, 0.4) is 0 Å². The highest BCUT2D eigenvalue weighted by Gasteiger charge is 2.34. The Balaban J connectivity index is 1.98. The highest BCUT2D eigenvalue weighted by atomic mass is 32.1. The molecule has 0 spiro atoms. The van der Waals surface area contributed by atoms with Crippen LogP contribution < -0.4 is 24.4 Å².